The minimum absolute atomic E-state index is 0.164. The van der Waals surface area contributed by atoms with E-state index in [1.54, 1.807) is 29.2 Å². The van der Waals surface area contributed by atoms with Gasteiger partial charge in [0, 0.05) is 18.3 Å². The Morgan fingerprint density at radius 1 is 1.48 bits per heavy atom. The summed E-state index contributed by atoms with van der Waals surface area (Å²) in [5, 5.41) is 6.01. The fourth-order valence-electron chi connectivity index (χ4n) is 1.79. The monoisotopic (exact) mass is 324 g/mol. The van der Waals surface area contributed by atoms with E-state index in [1.807, 2.05) is 12.3 Å². The highest BCUT2D eigenvalue weighted by Crippen LogP contribution is 2.18. The van der Waals surface area contributed by atoms with Crippen molar-refractivity contribution in [1.29, 1.82) is 0 Å². The van der Waals surface area contributed by atoms with Gasteiger partial charge in [-0.25, -0.2) is 4.98 Å². The lowest BCUT2D eigenvalue weighted by Gasteiger charge is -2.01. The Morgan fingerprint density at radius 2 is 2.29 bits per heavy atom. The minimum Gasteiger partial charge on any atom is -0.455 e. The molecular formula is C15H20N2O2S2. The predicted octanol–water partition coefficient (Wildman–Crippen LogP) is 3.70. The number of hydrogen-bond donors (Lipinski definition) is 1. The summed E-state index contributed by atoms with van der Waals surface area (Å²) in [6, 6.07) is 3.57. The zero-order valence-electron chi connectivity index (χ0n) is 12.5. The number of carbonyl (C=O) groups excluding carboxylic acids is 1. The van der Waals surface area contributed by atoms with Gasteiger partial charge >= 0.3 is 0 Å². The Labute approximate surface area is 133 Å². The zero-order chi connectivity index (χ0) is 15.2. The number of furan rings is 1. The topological polar surface area (TPSA) is 55.1 Å². The first-order valence-corrected chi connectivity index (χ1v) is 9.17. The summed E-state index contributed by atoms with van der Waals surface area (Å²) in [5.74, 6) is 2.27. The van der Waals surface area contributed by atoms with Crippen molar-refractivity contribution < 1.29 is 9.21 Å². The maximum absolute atomic E-state index is 11.9. The number of carbonyl (C=O) groups is 1. The van der Waals surface area contributed by atoms with Crippen molar-refractivity contribution in [2.75, 3.05) is 12.8 Å². The highest BCUT2D eigenvalue weighted by molar-refractivity contribution is 7.97. The molecule has 2 aromatic rings. The quantitative estimate of drug-likeness (QED) is 0.844. The smallest absolute Gasteiger partial charge is 0.287 e. The summed E-state index contributed by atoms with van der Waals surface area (Å²) < 4.78 is 5.48. The zero-order valence-corrected chi connectivity index (χ0v) is 14.1. The van der Waals surface area contributed by atoms with E-state index in [9.17, 15) is 4.79 Å². The van der Waals surface area contributed by atoms with Crippen molar-refractivity contribution in [2.24, 2.45) is 0 Å². The van der Waals surface area contributed by atoms with Crippen LogP contribution in [0, 0.1) is 0 Å². The van der Waals surface area contributed by atoms with Crippen LogP contribution in [-0.4, -0.2) is 23.7 Å². The number of thioether (sulfide) groups is 1. The van der Waals surface area contributed by atoms with E-state index in [4.69, 9.17) is 4.42 Å². The van der Waals surface area contributed by atoms with Crippen LogP contribution in [-0.2, 0) is 12.2 Å². The van der Waals surface area contributed by atoms with Crippen LogP contribution in [0.5, 0.6) is 0 Å². The lowest BCUT2D eigenvalue weighted by Crippen LogP contribution is -2.25. The van der Waals surface area contributed by atoms with Gasteiger partial charge in [-0.2, -0.15) is 11.8 Å². The SMILES string of the molecule is CSCc1ccc(C(=O)NCCc2nc(C(C)C)cs2)o1. The van der Waals surface area contributed by atoms with Crippen LogP contribution in [0.3, 0.4) is 0 Å². The summed E-state index contributed by atoms with van der Waals surface area (Å²) >= 11 is 3.31. The van der Waals surface area contributed by atoms with Crippen LogP contribution in [0.15, 0.2) is 21.9 Å². The Hall–Kier alpha value is -1.27. The van der Waals surface area contributed by atoms with E-state index >= 15 is 0 Å². The fourth-order valence-corrected chi connectivity index (χ4v) is 3.19. The average Bonchev–Trinajstić information content (AvgIpc) is 3.08. The van der Waals surface area contributed by atoms with Crippen LogP contribution in [0.1, 0.15) is 46.8 Å². The number of nitrogens with zero attached hydrogens (tertiary/aromatic N) is 1. The second-order valence-corrected chi connectivity index (χ2v) is 6.83. The molecule has 0 atom stereocenters. The molecule has 0 aromatic carbocycles. The molecule has 4 nitrogen and oxygen atoms in total. The van der Waals surface area contributed by atoms with E-state index < -0.39 is 0 Å². The maximum Gasteiger partial charge on any atom is 0.287 e. The molecule has 114 valence electrons. The van der Waals surface area contributed by atoms with Gasteiger partial charge < -0.3 is 9.73 Å². The summed E-state index contributed by atoms with van der Waals surface area (Å²) in [6.45, 7) is 4.83. The second-order valence-electron chi connectivity index (χ2n) is 5.03. The molecule has 2 heterocycles. The molecule has 2 aromatic heterocycles. The molecule has 6 heteroatoms. The summed E-state index contributed by atoms with van der Waals surface area (Å²) in [7, 11) is 0. The molecule has 0 spiro atoms. The highest BCUT2D eigenvalue weighted by Gasteiger charge is 2.11. The third-order valence-electron chi connectivity index (χ3n) is 2.96. The van der Waals surface area contributed by atoms with Crippen LogP contribution >= 0.6 is 23.1 Å². The number of thiazole rings is 1. The van der Waals surface area contributed by atoms with Crippen LogP contribution in [0.4, 0.5) is 0 Å². The van der Waals surface area contributed by atoms with Gasteiger partial charge in [0.2, 0.25) is 0 Å². The van der Waals surface area contributed by atoms with Crippen molar-refractivity contribution >= 4 is 29.0 Å². The van der Waals surface area contributed by atoms with Gasteiger partial charge in [-0.3, -0.25) is 4.79 Å². The van der Waals surface area contributed by atoms with E-state index in [0.29, 0.717) is 18.2 Å². The van der Waals surface area contributed by atoms with Crippen LogP contribution in [0.25, 0.3) is 0 Å². The third-order valence-corrected chi connectivity index (χ3v) is 4.46. The molecule has 0 radical (unpaired) electrons. The lowest BCUT2D eigenvalue weighted by atomic mass is 10.2. The van der Waals surface area contributed by atoms with Gasteiger partial charge in [-0.05, 0) is 24.3 Å². The molecule has 0 bridgehead atoms. The number of amides is 1. The number of nitrogens with one attached hydrogen (secondary N) is 1. The molecule has 0 fully saturated rings. The standard InChI is InChI=1S/C15H20N2O2S2/c1-10(2)12-9-21-14(17-12)6-7-16-15(18)13-5-4-11(19-13)8-20-3/h4-5,9-10H,6-8H2,1-3H3,(H,16,18). The van der Waals surface area contributed by atoms with E-state index in [-0.39, 0.29) is 5.91 Å². The van der Waals surface area contributed by atoms with Gasteiger partial charge in [-0.1, -0.05) is 13.8 Å². The molecule has 0 aliphatic rings. The first-order valence-electron chi connectivity index (χ1n) is 6.90. The van der Waals surface area contributed by atoms with Crippen LogP contribution in [0.2, 0.25) is 0 Å². The molecule has 0 aliphatic heterocycles. The van der Waals surface area contributed by atoms with Gasteiger partial charge in [-0.15, -0.1) is 11.3 Å². The molecule has 0 unspecified atom stereocenters. The van der Waals surface area contributed by atoms with E-state index in [0.717, 1.165) is 28.6 Å². The lowest BCUT2D eigenvalue weighted by molar-refractivity contribution is 0.0925. The van der Waals surface area contributed by atoms with Crippen molar-refractivity contribution in [2.45, 2.75) is 31.9 Å². The Balaban J connectivity index is 1.80. The Bertz CT molecular complexity index is 590. The number of hydrogen-bond acceptors (Lipinski definition) is 5. The number of aromatic nitrogens is 1. The fraction of sp³-hybridized carbons (Fsp3) is 0.467. The molecule has 21 heavy (non-hydrogen) atoms. The maximum atomic E-state index is 11.9. The molecular weight excluding hydrogens is 304 g/mol. The summed E-state index contributed by atoms with van der Waals surface area (Å²) in [6.07, 6.45) is 2.75. The van der Waals surface area contributed by atoms with Gasteiger partial charge in [0.15, 0.2) is 5.76 Å². The molecule has 0 aliphatic carbocycles. The summed E-state index contributed by atoms with van der Waals surface area (Å²) in [4.78, 5) is 16.5. The first-order chi connectivity index (χ1) is 10.1. The second kappa shape index (κ2) is 7.66. The largest absolute Gasteiger partial charge is 0.455 e. The predicted molar refractivity (Wildman–Crippen MR) is 88.2 cm³/mol. The summed E-state index contributed by atoms with van der Waals surface area (Å²) in [5.41, 5.74) is 1.12. The highest BCUT2D eigenvalue weighted by atomic mass is 32.2. The van der Waals surface area contributed by atoms with Gasteiger partial charge in [0.1, 0.15) is 5.76 Å². The molecule has 0 saturated carbocycles. The van der Waals surface area contributed by atoms with Gasteiger partial charge in [0.05, 0.1) is 16.5 Å². The average molecular weight is 324 g/mol. The minimum atomic E-state index is -0.164. The van der Waals surface area contributed by atoms with Crippen molar-refractivity contribution in [3.63, 3.8) is 0 Å². The molecule has 2 rings (SSSR count). The van der Waals surface area contributed by atoms with Crippen LogP contribution < -0.4 is 5.32 Å². The third kappa shape index (κ3) is 4.61. The molecule has 1 amide bonds. The van der Waals surface area contributed by atoms with E-state index in [1.165, 1.54) is 0 Å². The normalized spacial score (nSPS) is 11.0. The van der Waals surface area contributed by atoms with E-state index in [2.05, 4.69) is 29.5 Å². The van der Waals surface area contributed by atoms with Crippen molar-refractivity contribution in [3.05, 3.63) is 39.7 Å². The van der Waals surface area contributed by atoms with Crippen molar-refractivity contribution in [1.82, 2.24) is 10.3 Å². The van der Waals surface area contributed by atoms with Crippen molar-refractivity contribution in [3.8, 4) is 0 Å². The molecule has 1 N–H and O–H groups in total. The molecule has 0 saturated heterocycles. The Morgan fingerprint density at radius 3 is 2.95 bits per heavy atom. The Kier molecular flexibility index (Phi) is 5.87. The van der Waals surface area contributed by atoms with Gasteiger partial charge in [0.25, 0.3) is 5.91 Å². The number of rotatable bonds is 7. The first kappa shape index (κ1) is 16.1.